The zero-order chi connectivity index (χ0) is 15.5. The molecule has 0 saturated heterocycles. The summed E-state index contributed by atoms with van der Waals surface area (Å²) < 4.78 is 37.6. The van der Waals surface area contributed by atoms with Crippen molar-refractivity contribution in [2.24, 2.45) is 5.73 Å². The number of nitrogens with two attached hydrogens (primary N) is 1. The molecule has 21 heavy (non-hydrogen) atoms. The molecular formula is C15H18F3N3. The minimum atomic E-state index is -4.32. The summed E-state index contributed by atoms with van der Waals surface area (Å²) in [6.45, 7) is 2.57. The highest BCUT2D eigenvalue weighted by Gasteiger charge is 2.30. The second-order valence-electron chi connectivity index (χ2n) is 4.98. The predicted octanol–water partition coefficient (Wildman–Crippen LogP) is 3.94. The van der Waals surface area contributed by atoms with Crippen molar-refractivity contribution in [3.63, 3.8) is 0 Å². The quantitative estimate of drug-likeness (QED) is 0.878. The summed E-state index contributed by atoms with van der Waals surface area (Å²) in [6, 6.07) is 5.03. The van der Waals surface area contributed by atoms with Crippen LogP contribution in [0.3, 0.4) is 0 Å². The van der Waals surface area contributed by atoms with E-state index in [9.17, 15) is 13.2 Å². The Bertz CT molecular complexity index is 573. The number of nitrogens with zero attached hydrogens (tertiary/aromatic N) is 1. The molecule has 0 spiro atoms. The maximum atomic E-state index is 12.5. The molecule has 2 rings (SSSR count). The standard InChI is InChI=1S/C15H18F3N3/c1-2-3-11(8-19)14-20-9-13(21-14)10-4-6-12(7-5-10)15(16,17)18/h4-7,9,11H,2-3,8,19H2,1H3,(H,20,21). The van der Waals surface area contributed by atoms with Crippen LogP contribution in [0.15, 0.2) is 30.5 Å². The van der Waals surface area contributed by atoms with Gasteiger partial charge >= 0.3 is 6.18 Å². The molecule has 0 amide bonds. The van der Waals surface area contributed by atoms with Gasteiger partial charge in [-0.2, -0.15) is 13.2 Å². The van der Waals surface area contributed by atoms with E-state index in [1.807, 2.05) is 0 Å². The molecular weight excluding hydrogens is 279 g/mol. The van der Waals surface area contributed by atoms with Gasteiger partial charge in [-0.05, 0) is 24.1 Å². The van der Waals surface area contributed by atoms with Crippen molar-refractivity contribution in [3.8, 4) is 11.3 Å². The van der Waals surface area contributed by atoms with Gasteiger partial charge in [0.05, 0.1) is 17.5 Å². The smallest absolute Gasteiger partial charge is 0.342 e. The van der Waals surface area contributed by atoms with Crippen LogP contribution in [0.2, 0.25) is 0 Å². The fourth-order valence-electron chi connectivity index (χ4n) is 2.24. The molecule has 0 bridgehead atoms. The van der Waals surface area contributed by atoms with Crippen molar-refractivity contribution in [3.05, 3.63) is 41.9 Å². The Hall–Kier alpha value is -1.82. The second-order valence-corrected chi connectivity index (χ2v) is 4.98. The Balaban J connectivity index is 2.21. The van der Waals surface area contributed by atoms with Crippen LogP contribution in [-0.4, -0.2) is 16.5 Å². The van der Waals surface area contributed by atoms with Gasteiger partial charge in [0.25, 0.3) is 0 Å². The third-order valence-corrected chi connectivity index (χ3v) is 3.43. The van der Waals surface area contributed by atoms with Gasteiger partial charge in [0.2, 0.25) is 0 Å². The maximum Gasteiger partial charge on any atom is 0.416 e. The van der Waals surface area contributed by atoms with Crippen molar-refractivity contribution < 1.29 is 13.2 Å². The maximum absolute atomic E-state index is 12.5. The van der Waals surface area contributed by atoms with Crippen molar-refractivity contribution >= 4 is 0 Å². The number of rotatable bonds is 5. The van der Waals surface area contributed by atoms with Gasteiger partial charge in [-0.15, -0.1) is 0 Å². The molecule has 2 aromatic rings. The largest absolute Gasteiger partial charge is 0.416 e. The Kier molecular flexibility index (Phi) is 4.67. The number of nitrogens with one attached hydrogen (secondary N) is 1. The Morgan fingerprint density at radius 3 is 2.43 bits per heavy atom. The van der Waals surface area contributed by atoms with Crippen LogP contribution in [0.1, 0.15) is 37.1 Å². The van der Waals surface area contributed by atoms with E-state index in [4.69, 9.17) is 5.73 Å². The predicted molar refractivity (Wildman–Crippen MR) is 75.7 cm³/mol. The molecule has 0 aliphatic rings. The summed E-state index contributed by atoms with van der Waals surface area (Å²) in [5, 5.41) is 0. The molecule has 1 aromatic carbocycles. The molecule has 1 aromatic heterocycles. The number of imidazole rings is 1. The lowest BCUT2D eigenvalue weighted by Gasteiger charge is -2.10. The summed E-state index contributed by atoms with van der Waals surface area (Å²) in [6.07, 6.45) is -0.756. The van der Waals surface area contributed by atoms with E-state index in [-0.39, 0.29) is 5.92 Å². The highest BCUT2D eigenvalue weighted by atomic mass is 19.4. The van der Waals surface area contributed by atoms with Crippen LogP contribution in [0.5, 0.6) is 0 Å². The first-order chi connectivity index (χ1) is 9.95. The van der Waals surface area contributed by atoms with E-state index in [0.717, 1.165) is 30.8 Å². The van der Waals surface area contributed by atoms with Gasteiger partial charge in [0.1, 0.15) is 5.82 Å². The lowest BCUT2D eigenvalue weighted by molar-refractivity contribution is -0.137. The average molecular weight is 297 g/mol. The van der Waals surface area contributed by atoms with Gasteiger partial charge in [-0.3, -0.25) is 0 Å². The number of hydrogen-bond acceptors (Lipinski definition) is 2. The van der Waals surface area contributed by atoms with E-state index in [1.165, 1.54) is 12.1 Å². The van der Waals surface area contributed by atoms with Crippen molar-refractivity contribution in [2.75, 3.05) is 6.54 Å². The third-order valence-electron chi connectivity index (χ3n) is 3.43. The van der Waals surface area contributed by atoms with E-state index in [0.29, 0.717) is 17.8 Å². The lowest BCUT2D eigenvalue weighted by atomic mass is 10.0. The second kappa shape index (κ2) is 6.30. The lowest BCUT2D eigenvalue weighted by Crippen LogP contribution is -2.13. The molecule has 0 radical (unpaired) electrons. The van der Waals surface area contributed by atoms with Crippen LogP contribution >= 0.6 is 0 Å². The first-order valence-corrected chi connectivity index (χ1v) is 6.88. The van der Waals surface area contributed by atoms with Gasteiger partial charge < -0.3 is 10.7 Å². The number of aromatic amines is 1. The first kappa shape index (κ1) is 15.6. The van der Waals surface area contributed by atoms with E-state index in [1.54, 1.807) is 6.20 Å². The number of alkyl halides is 3. The van der Waals surface area contributed by atoms with E-state index < -0.39 is 11.7 Å². The summed E-state index contributed by atoms with van der Waals surface area (Å²) in [5.41, 5.74) is 6.44. The molecule has 3 N–H and O–H groups in total. The van der Waals surface area contributed by atoms with Crippen LogP contribution in [0.4, 0.5) is 13.2 Å². The summed E-state index contributed by atoms with van der Waals surface area (Å²) in [7, 11) is 0. The van der Waals surface area contributed by atoms with Crippen LogP contribution in [-0.2, 0) is 6.18 Å². The highest BCUT2D eigenvalue weighted by Crippen LogP contribution is 2.31. The number of hydrogen-bond donors (Lipinski definition) is 2. The minimum Gasteiger partial charge on any atom is -0.342 e. The molecule has 114 valence electrons. The van der Waals surface area contributed by atoms with Crippen molar-refractivity contribution in [1.29, 1.82) is 0 Å². The molecule has 1 atom stereocenters. The SMILES string of the molecule is CCCC(CN)c1ncc(-c2ccc(C(F)(F)F)cc2)[nH]1. The minimum absolute atomic E-state index is 0.151. The monoisotopic (exact) mass is 297 g/mol. The Morgan fingerprint density at radius 1 is 1.24 bits per heavy atom. The molecule has 3 nitrogen and oxygen atoms in total. The molecule has 1 heterocycles. The Labute approximate surface area is 121 Å². The zero-order valence-corrected chi connectivity index (χ0v) is 11.7. The molecule has 0 saturated carbocycles. The molecule has 0 aliphatic carbocycles. The van der Waals surface area contributed by atoms with Crippen LogP contribution in [0.25, 0.3) is 11.3 Å². The molecule has 1 unspecified atom stereocenters. The normalized spacial score (nSPS) is 13.4. The summed E-state index contributed by atoms with van der Waals surface area (Å²) in [4.78, 5) is 7.45. The fraction of sp³-hybridized carbons (Fsp3) is 0.400. The van der Waals surface area contributed by atoms with Gasteiger partial charge in [-0.25, -0.2) is 4.98 Å². The molecule has 0 fully saturated rings. The van der Waals surface area contributed by atoms with Crippen molar-refractivity contribution in [2.45, 2.75) is 31.9 Å². The summed E-state index contributed by atoms with van der Waals surface area (Å²) >= 11 is 0. The van der Waals surface area contributed by atoms with Gasteiger partial charge in [-0.1, -0.05) is 25.5 Å². The molecule has 6 heteroatoms. The van der Waals surface area contributed by atoms with Crippen LogP contribution in [0, 0.1) is 0 Å². The third kappa shape index (κ3) is 3.64. The number of halogens is 3. The zero-order valence-electron chi connectivity index (χ0n) is 11.7. The fourth-order valence-corrected chi connectivity index (χ4v) is 2.24. The number of benzene rings is 1. The Morgan fingerprint density at radius 2 is 1.90 bits per heavy atom. The highest BCUT2D eigenvalue weighted by molar-refractivity contribution is 5.59. The molecule has 0 aliphatic heterocycles. The topological polar surface area (TPSA) is 54.7 Å². The van der Waals surface area contributed by atoms with Gasteiger partial charge in [0.15, 0.2) is 0 Å². The van der Waals surface area contributed by atoms with Gasteiger partial charge in [0, 0.05) is 12.5 Å². The van der Waals surface area contributed by atoms with Crippen LogP contribution < -0.4 is 5.73 Å². The first-order valence-electron chi connectivity index (χ1n) is 6.88. The number of H-pyrrole nitrogens is 1. The average Bonchev–Trinajstić information content (AvgIpc) is 2.93. The van der Waals surface area contributed by atoms with E-state index in [2.05, 4.69) is 16.9 Å². The van der Waals surface area contributed by atoms with Crippen molar-refractivity contribution in [1.82, 2.24) is 9.97 Å². The summed E-state index contributed by atoms with van der Waals surface area (Å²) in [5.74, 6) is 0.937. The van der Waals surface area contributed by atoms with E-state index >= 15 is 0 Å². The number of aromatic nitrogens is 2.